The van der Waals surface area contributed by atoms with Gasteiger partial charge >= 0.3 is 0 Å². The molecule has 4 heterocycles. The lowest BCUT2D eigenvalue weighted by molar-refractivity contribution is 1.18. The molecule has 126 heavy (non-hydrogen) atoms. The van der Waals surface area contributed by atoms with Crippen LogP contribution in [0.15, 0.2) is 510 Å². The zero-order valence-electron chi connectivity index (χ0n) is 69.3. The SMILES string of the molecule is c1ccc(-c2cccc(-c3cccc(-n4c5ccccc5c5cc(-c6ccc7c(c6)c6ccccc6n7-c6ccccc6)ccc54)c3)c2)cc1.c1ccc([Si](c2ccccc2)(c2ccccc2)c2cccc(-n3c4ccccc4c4cc(-c5ccc6c(c5)c5ccccc5n6-c5cccc([Si](c6ccccc6)(c6ccccc6)c6ccccc6)c5)ccc43)c2)cc1. The molecule has 6 heteroatoms. The molecule has 592 valence electrons. The first-order valence-electron chi connectivity index (χ1n) is 43.5. The molecule has 0 aliphatic carbocycles. The molecule has 24 aromatic rings. The second kappa shape index (κ2) is 31.8. The van der Waals surface area contributed by atoms with Crippen LogP contribution in [0.3, 0.4) is 0 Å². The summed E-state index contributed by atoms with van der Waals surface area (Å²) in [7, 11) is -5.52. The summed E-state index contributed by atoms with van der Waals surface area (Å²) < 4.78 is 9.74. The van der Waals surface area contributed by atoms with Gasteiger partial charge in [-0.15, -0.1) is 0 Å². The third kappa shape index (κ3) is 12.7. The molecule has 0 fully saturated rings. The molecule has 20 aromatic carbocycles. The minimum absolute atomic E-state index is 1.15. The number of rotatable bonds is 16. The maximum absolute atomic E-state index is 2.76. The van der Waals surface area contributed by atoms with Gasteiger partial charge in [-0.2, -0.15) is 0 Å². The zero-order valence-corrected chi connectivity index (χ0v) is 71.3. The van der Waals surface area contributed by atoms with Gasteiger partial charge in [-0.05, 0) is 213 Å². The van der Waals surface area contributed by atoms with Crippen LogP contribution < -0.4 is 41.5 Å². The Bertz CT molecular complexity index is 7700. The first-order valence-corrected chi connectivity index (χ1v) is 47.5. The number of hydrogen-bond acceptors (Lipinski definition) is 0. The van der Waals surface area contributed by atoms with Crippen LogP contribution in [-0.2, 0) is 0 Å². The number of hydrogen-bond donors (Lipinski definition) is 0. The van der Waals surface area contributed by atoms with E-state index in [0.717, 1.165) is 17.1 Å². The Balaban J connectivity index is 0.000000158. The monoisotopic (exact) mass is 1640 g/mol. The quantitative estimate of drug-likeness (QED) is 0.0679. The van der Waals surface area contributed by atoms with Crippen LogP contribution in [0.2, 0.25) is 0 Å². The standard InChI is InChI=1S/C72H52N2Si2.C48H32N2/c1-7-27-57(28-8-1)75(58-29-9-2-10-30-58,59-31-11-3-12-32-59)63-39-23-25-55(51-63)73-69-43-21-19-41-65(69)67-49-53(45-47-71(67)73)54-46-48-72-68(50-54)66-42-20-22-44-70(66)74(72)56-26-24-40-64(52-56)76(60-33-13-4-14-34-60,61-35-15-5-16-36-61)62-37-17-6-18-38-62;1-3-13-33(14-4-1)34-15-11-16-35(29-34)36-17-12-20-40(30-36)50-46-24-10-8-22-42(46)44-32-38(26-28-48(44)50)37-25-27-47-43(31-37)41-21-7-9-23-45(41)49(47)39-18-5-2-6-19-39/h1-52H;1-32H. The van der Waals surface area contributed by atoms with Gasteiger partial charge in [0.15, 0.2) is 16.1 Å². The lowest BCUT2D eigenvalue weighted by atomic mass is 9.99. The van der Waals surface area contributed by atoms with Crippen LogP contribution in [0, 0.1) is 0 Å². The molecule has 0 amide bonds. The Morgan fingerprint density at radius 2 is 0.310 bits per heavy atom. The van der Waals surface area contributed by atoms with Crippen molar-refractivity contribution in [1.82, 2.24) is 18.3 Å². The van der Waals surface area contributed by atoms with Crippen LogP contribution in [0.4, 0.5) is 0 Å². The molecule has 0 bridgehead atoms. The third-order valence-corrected chi connectivity index (χ3v) is 35.6. The summed E-state index contributed by atoms with van der Waals surface area (Å²) in [4.78, 5) is 0. The van der Waals surface area contributed by atoms with Gasteiger partial charge < -0.3 is 18.3 Å². The summed E-state index contributed by atoms with van der Waals surface area (Å²) >= 11 is 0. The first-order chi connectivity index (χ1) is 62.5. The molecule has 0 N–H and O–H groups in total. The molecular weight excluding hydrogens is 1550 g/mol. The van der Waals surface area contributed by atoms with Crippen molar-refractivity contribution >= 4 is 145 Å². The Labute approximate surface area is 734 Å². The largest absolute Gasteiger partial charge is 0.309 e. The van der Waals surface area contributed by atoms with Crippen molar-refractivity contribution in [3.8, 4) is 67.3 Å². The van der Waals surface area contributed by atoms with E-state index in [1.54, 1.807) is 0 Å². The summed E-state index contributed by atoms with van der Waals surface area (Å²) in [6.07, 6.45) is 0. The van der Waals surface area contributed by atoms with E-state index in [4.69, 9.17) is 0 Å². The van der Waals surface area contributed by atoms with Crippen molar-refractivity contribution in [2.75, 3.05) is 0 Å². The van der Waals surface area contributed by atoms with E-state index < -0.39 is 16.1 Å². The Morgan fingerprint density at radius 1 is 0.111 bits per heavy atom. The Hall–Kier alpha value is -16.0. The molecule has 4 nitrogen and oxygen atoms in total. The molecule has 0 saturated carbocycles. The summed E-state index contributed by atoms with van der Waals surface area (Å²) in [5.41, 5.74) is 23.9. The van der Waals surface area contributed by atoms with Gasteiger partial charge in [-0.3, -0.25) is 0 Å². The van der Waals surface area contributed by atoms with Gasteiger partial charge in [0.25, 0.3) is 0 Å². The van der Waals surface area contributed by atoms with E-state index >= 15 is 0 Å². The molecule has 0 aliphatic rings. The highest BCUT2D eigenvalue weighted by Crippen LogP contribution is 2.42. The fourth-order valence-electron chi connectivity index (χ4n) is 20.5. The van der Waals surface area contributed by atoms with E-state index in [2.05, 4.69) is 528 Å². The number of nitrogens with zero attached hydrogens (tertiary/aromatic N) is 4. The summed E-state index contributed by atoms with van der Waals surface area (Å²) in [5, 5.41) is 20.9. The third-order valence-electron chi connectivity index (χ3n) is 26.1. The Morgan fingerprint density at radius 3 is 0.627 bits per heavy atom. The second-order valence-electron chi connectivity index (χ2n) is 33.0. The Kier molecular flexibility index (Phi) is 18.9. The smallest absolute Gasteiger partial charge is 0.179 e. The topological polar surface area (TPSA) is 19.7 Å². The minimum atomic E-state index is -2.76. The lowest BCUT2D eigenvalue weighted by Crippen LogP contribution is -2.74. The molecule has 4 aromatic heterocycles. The summed E-state index contributed by atoms with van der Waals surface area (Å²) in [6.45, 7) is 0. The van der Waals surface area contributed by atoms with Crippen molar-refractivity contribution in [2.24, 2.45) is 0 Å². The van der Waals surface area contributed by atoms with Crippen LogP contribution in [0.25, 0.3) is 154 Å². The highest BCUT2D eigenvalue weighted by atomic mass is 28.3. The predicted molar refractivity (Wildman–Crippen MR) is 539 cm³/mol. The van der Waals surface area contributed by atoms with Crippen LogP contribution in [-0.4, -0.2) is 34.4 Å². The van der Waals surface area contributed by atoms with Crippen molar-refractivity contribution in [3.05, 3.63) is 510 Å². The maximum atomic E-state index is 2.48. The van der Waals surface area contributed by atoms with Crippen LogP contribution in [0.5, 0.6) is 0 Å². The van der Waals surface area contributed by atoms with E-state index in [1.807, 2.05) is 0 Å². The second-order valence-corrected chi connectivity index (χ2v) is 40.6. The van der Waals surface area contributed by atoms with E-state index in [9.17, 15) is 0 Å². The highest BCUT2D eigenvalue weighted by Gasteiger charge is 2.43. The zero-order chi connectivity index (χ0) is 83.5. The van der Waals surface area contributed by atoms with Crippen molar-refractivity contribution in [3.63, 3.8) is 0 Å². The van der Waals surface area contributed by atoms with E-state index in [-0.39, 0.29) is 0 Å². The summed E-state index contributed by atoms with van der Waals surface area (Å²) in [6, 6.07) is 188. The molecule has 0 spiro atoms. The molecule has 0 aliphatic heterocycles. The number of para-hydroxylation sites is 5. The first kappa shape index (κ1) is 75.0. The minimum Gasteiger partial charge on any atom is -0.309 e. The van der Waals surface area contributed by atoms with Gasteiger partial charge in [0.2, 0.25) is 0 Å². The molecular formula is C120H84N4Si2. The normalized spacial score (nSPS) is 11.8. The fraction of sp³-hybridized carbons (Fsp3) is 0. The number of benzene rings is 20. The van der Waals surface area contributed by atoms with Gasteiger partial charge in [-0.1, -0.05) is 382 Å². The fourth-order valence-corrected chi connectivity index (χ4v) is 30.1. The predicted octanol–water partition coefficient (Wildman–Crippen LogP) is 25.2. The maximum Gasteiger partial charge on any atom is 0.179 e. The van der Waals surface area contributed by atoms with Crippen molar-refractivity contribution in [1.29, 1.82) is 0 Å². The summed E-state index contributed by atoms with van der Waals surface area (Å²) in [5.74, 6) is 0. The van der Waals surface area contributed by atoms with E-state index in [0.29, 0.717) is 0 Å². The van der Waals surface area contributed by atoms with Crippen LogP contribution >= 0.6 is 0 Å². The van der Waals surface area contributed by atoms with Crippen molar-refractivity contribution in [2.45, 2.75) is 0 Å². The highest BCUT2D eigenvalue weighted by molar-refractivity contribution is 7.20. The van der Waals surface area contributed by atoms with Gasteiger partial charge in [0, 0.05) is 65.8 Å². The van der Waals surface area contributed by atoms with E-state index in [1.165, 1.54) is 179 Å². The molecule has 0 atom stereocenters. The van der Waals surface area contributed by atoms with Gasteiger partial charge in [-0.25, -0.2) is 0 Å². The molecule has 0 radical (unpaired) electrons. The van der Waals surface area contributed by atoms with Gasteiger partial charge in [0.1, 0.15) is 0 Å². The average Bonchev–Trinajstić information content (AvgIpc) is 1.65. The average molecular weight is 1640 g/mol. The van der Waals surface area contributed by atoms with Gasteiger partial charge in [0.05, 0.1) is 44.1 Å². The van der Waals surface area contributed by atoms with Crippen LogP contribution in [0.1, 0.15) is 0 Å². The molecule has 24 rings (SSSR count). The molecule has 0 saturated heterocycles. The lowest BCUT2D eigenvalue weighted by Gasteiger charge is -2.34. The molecule has 0 unspecified atom stereocenters. The van der Waals surface area contributed by atoms with Crippen molar-refractivity contribution < 1.29 is 0 Å². The number of aromatic nitrogens is 4. The number of fused-ring (bicyclic) bond motifs is 12.